The Morgan fingerprint density at radius 3 is 2.14 bits per heavy atom. The van der Waals surface area contributed by atoms with E-state index >= 15 is 0 Å². The lowest BCUT2D eigenvalue weighted by Gasteiger charge is -2.33. The monoisotopic (exact) mass is 631 g/mol. The first kappa shape index (κ1) is 31.7. The Bertz CT molecular complexity index is 1460. The van der Waals surface area contributed by atoms with E-state index in [2.05, 4.69) is 5.32 Å². The molecule has 11 heteroatoms. The second-order valence-corrected chi connectivity index (χ2v) is 12.9. The van der Waals surface area contributed by atoms with Crippen LogP contribution < -0.4 is 14.4 Å². The van der Waals surface area contributed by atoms with Crippen molar-refractivity contribution in [1.82, 2.24) is 10.2 Å². The van der Waals surface area contributed by atoms with Crippen LogP contribution in [0.2, 0.25) is 10.0 Å². The fraction of sp³-hybridized carbons (Fsp3) is 0.355. The number of benzene rings is 3. The summed E-state index contributed by atoms with van der Waals surface area (Å²) in [5, 5.41) is 3.76. The largest absolute Gasteiger partial charge is 0.497 e. The summed E-state index contributed by atoms with van der Waals surface area (Å²) in [6.45, 7) is 0.995. The molecule has 0 heterocycles. The highest BCUT2D eigenvalue weighted by molar-refractivity contribution is 7.92. The van der Waals surface area contributed by atoms with Gasteiger partial charge in [-0.25, -0.2) is 8.42 Å². The molecule has 4 rings (SSSR count). The van der Waals surface area contributed by atoms with Gasteiger partial charge in [-0.15, -0.1) is 0 Å². The molecule has 1 aliphatic rings. The van der Waals surface area contributed by atoms with Crippen molar-refractivity contribution < 1.29 is 22.7 Å². The predicted molar refractivity (Wildman–Crippen MR) is 165 cm³/mol. The third kappa shape index (κ3) is 7.56. The maximum absolute atomic E-state index is 14.1. The highest BCUT2D eigenvalue weighted by Crippen LogP contribution is 2.29. The molecule has 1 aliphatic carbocycles. The topological polar surface area (TPSA) is 96.0 Å². The molecule has 1 saturated carbocycles. The summed E-state index contributed by atoms with van der Waals surface area (Å²) < 4.78 is 34.1. The summed E-state index contributed by atoms with van der Waals surface area (Å²) in [6, 6.07) is 18.4. The Hall–Kier alpha value is -3.27. The van der Waals surface area contributed by atoms with Crippen LogP contribution in [0.4, 0.5) is 5.69 Å². The molecule has 3 aromatic rings. The summed E-state index contributed by atoms with van der Waals surface area (Å²) >= 11 is 12.9. The normalized spacial score (nSPS) is 14.6. The molecule has 0 aromatic heterocycles. The van der Waals surface area contributed by atoms with E-state index in [1.54, 1.807) is 67.6 Å². The molecule has 1 atom stereocenters. The number of hydrogen-bond donors (Lipinski definition) is 1. The van der Waals surface area contributed by atoms with Gasteiger partial charge in [-0.1, -0.05) is 66.7 Å². The molecule has 1 N–H and O–H groups in total. The fourth-order valence-corrected chi connectivity index (χ4v) is 6.93. The van der Waals surface area contributed by atoms with Crippen molar-refractivity contribution in [3.63, 3.8) is 0 Å². The first-order valence-corrected chi connectivity index (χ1v) is 16.1. The van der Waals surface area contributed by atoms with E-state index in [9.17, 15) is 18.0 Å². The van der Waals surface area contributed by atoms with Gasteiger partial charge in [-0.3, -0.25) is 13.9 Å². The molecule has 42 heavy (non-hydrogen) atoms. The van der Waals surface area contributed by atoms with Crippen LogP contribution in [0, 0.1) is 0 Å². The molecule has 8 nitrogen and oxygen atoms in total. The van der Waals surface area contributed by atoms with Gasteiger partial charge < -0.3 is 15.0 Å². The van der Waals surface area contributed by atoms with Crippen LogP contribution in [-0.2, 0) is 26.2 Å². The summed E-state index contributed by atoms with van der Waals surface area (Å²) in [6.07, 6.45) is 4.96. The second kappa shape index (κ2) is 14.3. The molecule has 0 unspecified atom stereocenters. The van der Waals surface area contributed by atoms with Crippen LogP contribution in [0.3, 0.4) is 0 Å². The average Bonchev–Trinajstić information content (AvgIpc) is 3.00. The number of hydrogen-bond acceptors (Lipinski definition) is 5. The van der Waals surface area contributed by atoms with Gasteiger partial charge in [0.2, 0.25) is 11.8 Å². The summed E-state index contributed by atoms with van der Waals surface area (Å²) in [5.74, 6) is -0.405. The van der Waals surface area contributed by atoms with E-state index in [1.807, 2.05) is 0 Å². The minimum Gasteiger partial charge on any atom is -0.497 e. The van der Waals surface area contributed by atoms with E-state index in [-0.39, 0.29) is 23.4 Å². The first-order chi connectivity index (χ1) is 20.1. The van der Waals surface area contributed by atoms with Gasteiger partial charge >= 0.3 is 0 Å². The zero-order valence-corrected chi connectivity index (χ0v) is 26.0. The lowest BCUT2D eigenvalue weighted by atomic mass is 9.95. The molecule has 0 aliphatic heterocycles. The Labute approximate surface area is 257 Å². The van der Waals surface area contributed by atoms with Crippen molar-refractivity contribution in [3.8, 4) is 5.75 Å². The summed E-state index contributed by atoms with van der Waals surface area (Å²) in [5.41, 5.74) is 0.771. The minimum absolute atomic E-state index is 0.0104. The van der Waals surface area contributed by atoms with E-state index in [4.69, 9.17) is 27.9 Å². The first-order valence-electron chi connectivity index (χ1n) is 13.9. The third-order valence-electron chi connectivity index (χ3n) is 7.48. The van der Waals surface area contributed by atoms with Crippen molar-refractivity contribution in [2.45, 2.75) is 62.6 Å². The highest BCUT2D eigenvalue weighted by Gasteiger charge is 2.33. The van der Waals surface area contributed by atoms with Gasteiger partial charge in [0.25, 0.3) is 10.0 Å². The Kier molecular flexibility index (Phi) is 10.8. The number of carbonyl (C=O) groups is 2. The lowest BCUT2D eigenvalue weighted by Crippen LogP contribution is -2.53. The van der Waals surface area contributed by atoms with Gasteiger partial charge in [-0.05, 0) is 68.3 Å². The summed E-state index contributed by atoms with van der Waals surface area (Å²) in [4.78, 5) is 28.9. The molecule has 0 saturated heterocycles. The van der Waals surface area contributed by atoms with Crippen LogP contribution in [0.1, 0.15) is 44.6 Å². The molecule has 2 amide bonds. The summed E-state index contributed by atoms with van der Waals surface area (Å²) in [7, 11) is -2.70. The molecular formula is C31H35Cl2N3O5S. The number of nitrogens with one attached hydrogen (secondary N) is 1. The number of anilines is 1. The molecule has 224 valence electrons. The smallest absolute Gasteiger partial charge is 0.264 e. The maximum Gasteiger partial charge on any atom is 0.264 e. The van der Waals surface area contributed by atoms with Gasteiger partial charge in [0.05, 0.1) is 17.7 Å². The minimum atomic E-state index is -4.19. The molecular weight excluding hydrogens is 597 g/mol. The van der Waals surface area contributed by atoms with E-state index in [0.29, 0.717) is 27.0 Å². The number of nitrogens with zero attached hydrogens (tertiary/aromatic N) is 2. The van der Waals surface area contributed by atoms with Crippen molar-refractivity contribution >= 4 is 50.7 Å². The predicted octanol–water partition coefficient (Wildman–Crippen LogP) is 6.06. The van der Waals surface area contributed by atoms with Crippen LogP contribution >= 0.6 is 23.2 Å². The number of halogens is 2. The van der Waals surface area contributed by atoms with E-state index < -0.39 is 28.5 Å². The van der Waals surface area contributed by atoms with Crippen LogP contribution in [0.15, 0.2) is 77.7 Å². The zero-order chi connectivity index (χ0) is 30.3. The SMILES string of the molecule is COc1ccc(S(=O)(=O)N(CC(=O)N(Cc2c(Cl)cccc2Cl)[C@H](C)C(=O)NC2CCCCC2)c2ccccc2)cc1. The number of sulfonamides is 1. The van der Waals surface area contributed by atoms with Gasteiger partial charge in [0.15, 0.2) is 0 Å². The number of para-hydroxylation sites is 1. The van der Waals surface area contributed by atoms with E-state index in [1.165, 1.54) is 24.1 Å². The molecule has 1 fully saturated rings. The Balaban J connectivity index is 1.69. The number of methoxy groups -OCH3 is 1. The molecule has 3 aromatic carbocycles. The second-order valence-electron chi connectivity index (χ2n) is 10.3. The average molecular weight is 633 g/mol. The number of carbonyl (C=O) groups excluding carboxylic acids is 2. The lowest BCUT2D eigenvalue weighted by molar-refractivity contribution is -0.139. The van der Waals surface area contributed by atoms with Crippen molar-refractivity contribution in [2.24, 2.45) is 0 Å². The Morgan fingerprint density at radius 2 is 1.55 bits per heavy atom. The van der Waals surface area contributed by atoms with E-state index in [0.717, 1.165) is 36.4 Å². The quantitative estimate of drug-likeness (QED) is 0.277. The fourth-order valence-electron chi connectivity index (χ4n) is 5.00. The van der Waals surface area contributed by atoms with Crippen LogP contribution in [0.25, 0.3) is 0 Å². The van der Waals surface area contributed by atoms with Crippen molar-refractivity contribution in [3.05, 3.63) is 88.4 Å². The Morgan fingerprint density at radius 1 is 0.929 bits per heavy atom. The third-order valence-corrected chi connectivity index (χ3v) is 9.98. The number of amides is 2. The number of ether oxygens (including phenoxy) is 1. The van der Waals surface area contributed by atoms with Crippen LogP contribution in [-0.4, -0.2) is 50.9 Å². The standard InChI is InChI=1S/C31H35Cl2N3O5S/c1-22(31(38)34-23-10-5-3-6-11-23)35(20-27-28(32)14-9-15-29(27)33)30(37)21-36(24-12-7-4-8-13-24)42(39,40)26-18-16-25(41-2)17-19-26/h4,7-9,12-19,22-23H,3,5-6,10-11,20-21H2,1-2H3,(H,34,38)/t22-/m1/s1. The molecule has 0 radical (unpaired) electrons. The van der Waals surface area contributed by atoms with Crippen LogP contribution in [0.5, 0.6) is 5.75 Å². The number of rotatable bonds is 11. The molecule has 0 spiro atoms. The van der Waals surface area contributed by atoms with Crippen molar-refractivity contribution in [2.75, 3.05) is 18.0 Å². The van der Waals surface area contributed by atoms with Gasteiger partial charge in [-0.2, -0.15) is 0 Å². The zero-order valence-electron chi connectivity index (χ0n) is 23.6. The molecule has 0 bridgehead atoms. The van der Waals surface area contributed by atoms with Gasteiger partial charge in [0, 0.05) is 28.2 Å². The van der Waals surface area contributed by atoms with Crippen molar-refractivity contribution in [1.29, 1.82) is 0 Å². The maximum atomic E-state index is 14.1. The van der Waals surface area contributed by atoms with Gasteiger partial charge in [0.1, 0.15) is 18.3 Å². The highest BCUT2D eigenvalue weighted by atomic mass is 35.5.